The van der Waals surface area contributed by atoms with Gasteiger partial charge < -0.3 is 0 Å². The molecule has 0 saturated heterocycles. The molecular weight excluding hydrogens is 194 g/mol. The van der Waals surface area contributed by atoms with Crippen molar-refractivity contribution in [1.82, 2.24) is 14.7 Å². The summed E-state index contributed by atoms with van der Waals surface area (Å²) in [6, 6.07) is 1.97. The highest BCUT2D eigenvalue weighted by molar-refractivity contribution is 7.97. The lowest BCUT2D eigenvalue weighted by Gasteiger charge is -2.18. The van der Waals surface area contributed by atoms with Crippen molar-refractivity contribution in [2.75, 3.05) is 0 Å². The van der Waals surface area contributed by atoms with Crippen LogP contribution in [0.2, 0.25) is 0 Å². The molecule has 0 aliphatic heterocycles. The Bertz CT molecular complexity index is 297. The lowest BCUT2D eigenvalue weighted by atomic mass is 10.1. The predicted molar refractivity (Wildman–Crippen MR) is 60.3 cm³/mol. The Morgan fingerprint density at radius 1 is 1.14 bits per heavy atom. The smallest absolute Gasteiger partial charge is 0.203 e. The molecule has 0 bridgehead atoms. The third-order valence-electron chi connectivity index (χ3n) is 1.41. The molecule has 0 atom stereocenters. The maximum Gasteiger partial charge on any atom is 0.203 e. The summed E-state index contributed by atoms with van der Waals surface area (Å²) < 4.78 is 3.28. The van der Waals surface area contributed by atoms with E-state index in [1.54, 1.807) is 0 Å². The Morgan fingerprint density at radius 3 is 2.07 bits per heavy atom. The minimum absolute atomic E-state index is 0.0751. The van der Waals surface area contributed by atoms with Gasteiger partial charge >= 0.3 is 0 Å². The van der Waals surface area contributed by atoms with E-state index in [0.717, 1.165) is 16.5 Å². The van der Waals surface area contributed by atoms with Gasteiger partial charge in [-0.2, -0.15) is 0 Å². The topological polar surface area (TPSA) is 37.8 Å². The van der Waals surface area contributed by atoms with E-state index in [0.29, 0.717) is 0 Å². The number of hydrogen-bond donors (Lipinski definition) is 1. The highest BCUT2D eigenvalue weighted by Gasteiger charge is 2.10. The average molecular weight is 211 g/mol. The van der Waals surface area contributed by atoms with Crippen molar-refractivity contribution in [3.63, 3.8) is 0 Å². The van der Waals surface area contributed by atoms with Crippen molar-refractivity contribution < 1.29 is 0 Å². The summed E-state index contributed by atoms with van der Waals surface area (Å²) in [6.45, 7) is 10.3. The average Bonchev–Trinajstić information content (AvgIpc) is 1.97. The van der Waals surface area contributed by atoms with Crippen molar-refractivity contribution >= 4 is 11.9 Å². The molecule has 0 radical (unpaired) electrons. The molecule has 1 aromatic heterocycles. The van der Waals surface area contributed by atoms with Gasteiger partial charge in [0.15, 0.2) is 0 Å². The first-order valence-electron chi connectivity index (χ1n) is 4.63. The van der Waals surface area contributed by atoms with Crippen molar-refractivity contribution in [1.29, 1.82) is 0 Å². The van der Waals surface area contributed by atoms with Gasteiger partial charge in [0.1, 0.15) is 0 Å². The fraction of sp³-hybridized carbons (Fsp3) is 0.600. The number of rotatable bonds is 2. The second-order valence-corrected chi connectivity index (χ2v) is 5.16. The first-order valence-corrected chi connectivity index (χ1v) is 5.45. The summed E-state index contributed by atoms with van der Waals surface area (Å²) in [7, 11) is 0. The van der Waals surface area contributed by atoms with Crippen molar-refractivity contribution in [3.8, 4) is 0 Å². The SMILES string of the molecule is Cc1cc(C)nc(SNC(C)(C)C)n1. The van der Waals surface area contributed by atoms with Crippen LogP contribution >= 0.6 is 11.9 Å². The molecule has 0 spiro atoms. The van der Waals surface area contributed by atoms with Crippen LogP contribution in [0.1, 0.15) is 32.2 Å². The van der Waals surface area contributed by atoms with E-state index < -0.39 is 0 Å². The number of hydrogen-bond acceptors (Lipinski definition) is 4. The molecule has 1 N–H and O–H groups in total. The van der Waals surface area contributed by atoms with Gasteiger partial charge in [0.2, 0.25) is 5.16 Å². The Hall–Kier alpha value is -0.610. The molecular formula is C10H17N3S. The van der Waals surface area contributed by atoms with Crippen LogP contribution in [0.5, 0.6) is 0 Å². The largest absolute Gasteiger partial charge is 0.252 e. The third kappa shape index (κ3) is 4.07. The van der Waals surface area contributed by atoms with Crippen LogP contribution in [-0.4, -0.2) is 15.5 Å². The third-order valence-corrected chi connectivity index (χ3v) is 2.49. The first kappa shape index (κ1) is 11.5. The number of aryl methyl sites for hydroxylation is 2. The monoisotopic (exact) mass is 211 g/mol. The van der Waals surface area contributed by atoms with Gasteiger partial charge in [-0.15, -0.1) is 0 Å². The van der Waals surface area contributed by atoms with Crippen LogP contribution in [-0.2, 0) is 0 Å². The van der Waals surface area contributed by atoms with Crippen LogP contribution in [0.3, 0.4) is 0 Å². The summed E-state index contributed by atoms with van der Waals surface area (Å²) in [5, 5.41) is 0.789. The fourth-order valence-electron chi connectivity index (χ4n) is 0.938. The molecule has 0 aliphatic carbocycles. The zero-order valence-corrected chi connectivity index (χ0v) is 10.2. The summed E-state index contributed by atoms with van der Waals surface area (Å²) in [6.07, 6.45) is 0. The second kappa shape index (κ2) is 4.28. The van der Waals surface area contributed by atoms with E-state index in [9.17, 15) is 0 Å². The van der Waals surface area contributed by atoms with Gasteiger partial charge in [0, 0.05) is 16.9 Å². The van der Waals surface area contributed by atoms with Crippen LogP contribution in [0, 0.1) is 13.8 Å². The summed E-state index contributed by atoms with van der Waals surface area (Å²) in [5.41, 5.74) is 2.09. The molecule has 14 heavy (non-hydrogen) atoms. The minimum atomic E-state index is 0.0751. The van der Waals surface area contributed by atoms with Crippen molar-refractivity contribution in [3.05, 3.63) is 17.5 Å². The molecule has 0 aliphatic rings. The Morgan fingerprint density at radius 2 is 1.64 bits per heavy atom. The number of nitrogens with zero attached hydrogens (tertiary/aromatic N) is 2. The maximum atomic E-state index is 4.33. The zero-order valence-electron chi connectivity index (χ0n) is 9.38. The van der Waals surface area contributed by atoms with E-state index in [4.69, 9.17) is 0 Å². The summed E-state index contributed by atoms with van der Waals surface area (Å²) in [5.74, 6) is 0. The van der Waals surface area contributed by atoms with Gasteiger partial charge in [-0.3, -0.25) is 4.72 Å². The molecule has 0 unspecified atom stereocenters. The van der Waals surface area contributed by atoms with E-state index in [-0.39, 0.29) is 5.54 Å². The molecule has 3 nitrogen and oxygen atoms in total. The van der Waals surface area contributed by atoms with Crippen LogP contribution in [0.25, 0.3) is 0 Å². The summed E-state index contributed by atoms with van der Waals surface area (Å²) in [4.78, 5) is 8.65. The molecule has 0 amide bonds. The van der Waals surface area contributed by atoms with Crippen molar-refractivity contribution in [2.45, 2.75) is 45.3 Å². The van der Waals surface area contributed by atoms with Gasteiger partial charge in [0.25, 0.3) is 0 Å². The molecule has 4 heteroatoms. The Labute approximate surface area is 89.9 Å². The molecule has 0 fully saturated rings. The molecule has 1 heterocycles. The van der Waals surface area contributed by atoms with E-state index in [2.05, 4.69) is 35.5 Å². The first-order chi connectivity index (χ1) is 6.37. The van der Waals surface area contributed by atoms with E-state index in [1.807, 2.05) is 19.9 Å². The van der Waals surface area contributed by atoms with Crippen LogP contribution in [0.4, 0.5) is 0 Å². The zero-order chi connectivity index (χ0) is 10.8. The van der Waals surface area contributed by atoms with Gasteiger partial charge in [-0.1, -0.05) is 0 Å². The Balaban J connectivity index is 2.68. The Kier molecular flexibility index (Phi) is 3.50. The molecule has 0 aromatic carbocycles. The highest BCUT2D eigenvalue weighted by atomic mass is 32.2. The van der Waals surface area contributed by atoms with Crippen molar-refractivity contribution in [2.24, 2.45) is 0 Å². The minimum Gasteiger partial charge on any atom is -0.252 e. The van der Waals surface area contributed by atoms with Crippen LogP contribution < -0.4 is 4.72 Å². The van der Waals surface area contributed by atoms with E-state index >= 15 is 0 Å². The number of aromatic nitrogens is 2. The second-order valence-electron chi connectivity index (χ2n) is 4.39. The van der Waals surface area contributed by atoms with E-state index in [1.165, 1.54) is 11.9 Å². The quantitative estimate of drug-likeness (QED) is 0.602. The van der Waals surface area contributed by atoms with Crippen LogP contribution in [0.15, 0.2) is 11.2 Å². The maximum absolute atomic E-state index is 4.33. The lowest BCUT2D eigenvalue weighted by molar-refractivity contribution is 0.534. The normalized spacial score (nSPS) is 11.8. The molecule has 0 saturated carbocycles. The molecule has 1 aromatic rings. The summed E-state index contributed by atoms with van der Waals surface area (Å²) >= 11 is 1.48. The van der Waals surface area contributed by atoms with Gasteiger partial charge in [-0.05, 0) is 52.6 Å². The highest BCUT2D eigenvalue weighted by Crippen LogP contribution is 2.14. The lowest BCUT2D eigenvalue weighted by Crippen LogP contribution is -2.30. The number of nitrogens with one attached hydrogen (secondary N) is 1. The van der Waals surface area contributed by atoms with Gasteiger partial charge in [0.05, 0.1) is 0 Å². The molecule has 78 valence electrons. The molecule has 1 rings (SSSR count). The standard InChI is InChI=1S/C10H17N3S/c1-7-6-8(2)12-9(11-7)14-13-10(3,4)5/h6,13H,1-5H3. The van der Waals surface area contributed by atoms with Gasteiger partial charge in [-0.25, -0.2) is 9.97 Å². The predicted octanol–water partition coefficient (Wildman–Crippen LogP) is 2.49. The fourth-order valence-corrected chi connectivity index (χ4v) is 1.71.